The molecule has 4 rings (SSSR count). The van der Waals surface area contributed by atoms with Crippen LogP contribution < -0.4 is 5.32 Å². The van der Waals surface area contributed by atoms with Crippen LogP contribution in [0.1, 0.15) is 11.7 Å². The summed E-state index contributed by atoms with van der Waals surface area (Å²) in [6, 6.07) is 9.89. The molecule has 0 unspecified atom stereocenters. The predicted molar refractivity (Wildman–Crippen MR) is 109 cm³/mol. The predicted octanol–water partition coefficient (Wildman–Crippen LogP) is 2.54. The molecule has 4 aromatic rings. The molecule has 8 nitrogen and oxygen atoms in total. The van der Waals surface area contributed by atoms with E-state index < -0.39 is 0 Å². The Morgan fingerprint density at radius 2 is 1.96 bits per heavy atom. The van der Waals surface area contributed by atoms with E-state index >= 15 is 0 Å². The molecule has 0 aliphatic carbocycles. The van der Waals surface area contributed by atoms with Crippen molar-refractivity contribution in [1.29, 1.82) is 0 Å². The van der Waals surface area contributed by atoms with Gasteiger partial charge in [-0.05, 0) is 38.4 Å². The molecule has 4 heterocycles. The summed E-state index contributed by atoms with van der Waals surface area (Å²) in [5, 5.41) is 8.71. The van der Waals surface area contributed by atoms with Gasteiger partial charge in [0.25, 0.3) is 0 Å². The minimum Gasteiger partial charge on any atom is -0.367 e. The first-order valence-corrected chi connectivity index (χ1v) is 9.05. The molecule has 0 aliphatic heterocycles. The molecule has 0 saturated heterocycles. The zero-order valence-corrected chi connectivity index (χ0v) is 16.1. The van der Waals surface area contributed by atoms with Crippen LogP contribution in [-0.4, -0.2) is 55.3 Å². The Balaban J connectivity index is 1.70. The van der Waals surface area contributed by atoms with Crippen LogP contribution in [0.15, 0.2) is 55.1 Å². The van der Waals surface area contributed by atoms with Crippen molar-refractivity contribution < 1.29 is 0 Å². The highest BCUT2D eigenvalue weighted by Crippen LogP contribution is 2.25. The van der Waals surface area contributed by atoms with Crippen LogP contribution in [0.25, 0.3) is 22.4 Å². The summed E-state index contributed by atoms with van der Waals surface area (Å²) < 4.78 is 1.75. The quantitative estimate of drug-likeness (QED) is 0.555. The van der Waals surface area contributed by atoms with Crippen LogP contribution in [0.3, 0.4) is 0 Å². The van der Waals surface area contributed by atoms with Crippen LogP contribution in [-0.2, 0) is 7.05 Å². The lowest BCUT2D eigenvalue weighted by molar-refractivity contribution is 0.306. The molecule has 0 radical (unpaired) electrons. The molecular formula is C20H22N8. The van der Waals surface area contributed by atoms with Crippen LogP contribution in [0.2, 0.25) is 0 Å². The SMILES string of the molecule is CN(C)[C@H](CNc1nc(-c2cccnc2)nc2c1cnn2C)c1ccccn1. The van der Waals surface area contributed by atoms with Crippen LogP contribution >= 0.6 is 0 Å². The smallest absolute Gasteiger partial charge is 0.165 e. The maximum absolute atomic E-state index is 4.75. The normalized spacial score (nSPS) is 12.4. The van der Waals surface area contributed by atoms with E-state index in [4.69, 9.17) is 4.98 Å². The molecule has 4 aromatic heterocycles. The topological polar surface area (TPSA) is 84.6 Å². The molecule has 142 valence electrons. The summed E-state index contributed by atoms with van der Waals surface area (Å²) in [5.41, 5.74) is 2.64. The van der Waals surface area contributed by atoms with Crippen molar-refractivity contribution in [2.45, 2.75) is 6.04 Å². The van der Waals surface area contributed by atoms with E-state index in [-0.39, 0.29) is 6.04 Å². The van der Waals surface area contributed by atoms with Crippen LogP contribution in [0.5, 0.6) is 0 Å². The van der Waals surface area contributed by atoms with Gasteiger partial charge >= 0.3 is 0 Å². The minimum absolute atomic E-state index is 0.102. The lowest BCUT2D eigenvalue weighted by atomic mass is 10.1. The number of aromatic nitrogens is 6. The fraction of sp³-hybridized carbons (Fsp3) is 0.250. The third-order valence-electron chi connectivity index (χ3n) is 4.63. The second-order valence-corrected chi connectivity index (χ2v) is 6.76. The van der Waals surface area contributed by atoms with Gasteiger partial charge in [-0.2, -0.15) is 5.10 Å². The van der Waals surface area contributed by atoms with E-state index in [1.165, 1.54) is 0 Å². The highest BCUT2D eigenvalue weighted by atomic mass is 15.3. The second kappa shape index (κ2) is 7.69. The Morgan fingerprint density at radius 1 is 1.07 bits per heavy atom. The first kappa shape index (κ1) is 18.0. The van der Waals surface area contributed by atoms with Gasteiger partial charge in [0, 0.05) is 37.7 Å². The van der Waals surface area contributed by atoms with Crippen molar-refractivity contribution in [2.75, 3.05) is 26.0 Å². The molecule has 0 fully saturated rings. The van der Waals surface area contributed by atoms with E-state index in [0.29, 0.717) is 12.4 Å². The number of aryl methyl sites for hydroxylation is 1. The summed E-state index contributed by atoms with van der Waals surface area (Å²) in [7, 11) is 5.96. The monoisotopic (exact) mass is 374 g/mol. The number of nitrogens with zero attached hydrogens (tertiary/aromatic N) is 7. The van der Waals surface area contributed by atoms with Crippen molar-refractivity contribution in [1.82, 2.24) is 34.6 Å². The van der Waals surface area contributed by atoms with Gasteiger partial charge in [0.15, 0.2) is 11.5 Å². The number of likely N-dealkylation sites (N-methyl/N-ethyl adjacent to an activating group) is 1. The second-order valence-electron chi connectivity index (χ2n) is 6.76. The summed E-state index contributed by atoms with van der Waals surface area (Å²) >= 11 is 0. The molecule has 0 bridgehead atoms. The fourth-order valence-electron chi connectivity index (χ4n) is 3.10. The summed E-state index contributed by atoms with van der Waals surface area (Å²) in [6.45, 7) is 0.650. The van der Waals surface area contributed by atoms with Crippen molar-refractivity contribution in [3.63, 3.8) is 0 Å². The molecule has 8 heteroatoms. The summed E-state index contributed by atoms with van der Waals surface area (Å²) in [6.07, 6.45) is 7.10. The van der Waals surface area contributed by atoms with Gasteiger partial charge in [0.05, 0.1) is 23.3 Å². The summed E-state index contributed by atoms with van der Waals surface area (Å²) in [4.78, 5) is 20.3. The number of nitrogens with one attached hydrogen (secondary N) is 1. The van der Waals surface area contributed by atoms with Crippen molar-refractivity contribution in [3.8, 4) is 11.4 Å². The zero-order valence-electron chi connectivity index (χ0n) is 16.1. The third kappa shape index (κ3) is 3.54. The van der Waals surface area contributed by atoms with Gasteiger partial charge in [-0.1, -0.05) is 6.07 Å². The largest absolute Gasteiger partial charge is 0.367 e. The summed E-state index contributed by atoms with van der Waals surface area (Å²) in [5.74, 6) is 1.37. The fourth-order valence-corrected chi connectivity index (χ4v) is 3.10. The average molecular weight is 374 g/mol. The van der Waals surface area contributed by atoms with Crippen molar-refractivity contribution in [2.24, 2.45) is 7.05 Å². The van der Waals surface area contributed by atoms with E-state index in [1.54, 1.807) is 23.3 Å². The molecule has 0 amide bonds. The molecule has 0 spiro atoms. The van der Waals surface area contributed by atoms with E-state index in [0.717, 1.165) is 28.1 Å². The van der Waals surface area contributed by atoms with Gasteiger partial charge in [0.1, 0.15) is 5.82 Å². The van der Waals surface area contributed by atoms with E-state index in [9.17, 15) is 0 Å². The lowest BCUT2D eigenvalue weighted by Crippen LogP contribution is -2.28. The standard InChI is InChI=1S/C20H22N8/c1-27(2)17(16-8-4-5-10-22-16)13-23-19-15-12-24-28(3)20(15)26-18(25-19)14-7-6-9-21-11-14/h4-12,17H,13H2,1-3H3,(H,23,25,26)/t17-/m1/s1. The van der Waals surface area contributed by atoms with Crippen LogP contribution in [0.4, 0.5) is 5.82 Å². The number of fused-ring (bicyclic) bond motifs is 1. The van der Waals surface area contributed by atoms with Gasteiger partial charge in [-0.15, -0.1) is 0 Å². The van der Waals surface area contributed by atoms with Gasteiger partial charge in [-0.3, -0.25) is 19.5 Å². The first-order chi connectivity index (χ1) is 13.6. The molecule has 28 heavy (non-hydrogen) atoms. The third-order valence-corrected chi connectivity index (χ3v) is 4.63. The van der Waals surface area contributed by atoms with Gasteiger partial charge in [0.2, 0.25) is 0 Å². The van der Waals surface area contributed by atoms with Crippen molar-refractivity contribution in [3.05, 3.63) is 60.8 Å². The van der Waals surface area contributed by atoms with Crippen molar-refractivity contribution >= 4 is 16.9 Å². The number of pyridine rings is 2. The Kier molecular flexibility index (Phi) is 4.94. The highest BCUT2D eigenvalue weighted by molar-refractivity contribution is 5.88. The van der Waals surface area contributed by atoms with Gasteiger partial charge < -0.3 is 5.32 Å². The molecule has 0 saturated carbocycles. The number of hydrogen-bond donors (Lipinski definition) is 1. The first-order valence-electron chi connectivity index (χ1n) is 9.05. The highest BCUT2D eigenvalue weighted by Gasteiger charge is 2.18. The van der Waals surface area contributed by atoms with E-state index in [1.807, 2.05) is 57.7 Å². The zero-order chi connectivity index (χ0) is 19.5. The number of rotatable bonds is 6. The molecular weight excluding hydrogens is 352 g/mol. The molecule has 1 N–H and O–H groups in total. The Morgan fingerprint density at radius 3 is 2.68 bits per heavy atom. The molecule has 0 aliphatic rings. The maximum Gasteiger partial charge on any atom is 0.165 e. The Labute approximate surface area is 163 Å². The van der Waals surface area contributed by atoms with Gasteiger partial charge in [-0.25, -0.2) is 9.97 Å². The molecule has 1 atom stereocenters. The maximum atomic E-state index is 4.75. The lowest BCUT2D eigenvalue weighted by Gasteiger charge is -2.24. The van der Waals surface area contributed by atoms with E-state index in [2.05, 4.69) is 30.3 Å². The number of hydrogen-bond acceptors (Lipinski definition) is 7. The average Bonchev–Trinajstić information content (AvgIpc) is 3.10. The minimum atomic E-state index is 0.102. The number of anilines is 1. The Bertz CT molecular complexity index is 1060. The Hall–Kier alpha value is -3.39. The van der Waals surface area contributed by atoms with Crippen LogP contribution in [0, 0.1) is 0 Å². The molecule has 0 aromatic carbocycles.